The van der Waals surface area contributed by atoms with Gasteiger partial charge < -0.3 is 10.1 Å². The summed E-state index contributed by atoms with van der Waals surface area (Å²) in [5, 5.41) is 3.43. The predicted octanol–water partition coefficient (Wildman–Crippen LogP) is 6.23. The molecule has 0 spiro atoms. The highest BCUT2D eigenvalue weighted by Gasteiger charge is 2.69. The van der Waals surface area contributed by atoms with Gasteiger partial charge in [0.2, 0.25) is 0 Å². The van der Waals surface area contributed by atoms with Crippen LogP contribution in [0.1, 0.15) is 43.4 Å². The molecule has 0 unspecified atom stereocenters. The van der Waals surface area contributed by atoms with Crippen LogP contribution >= 0.6 is 18.9 Å². The Morgan fingerprint density at radius 1 is 1.06 bits per heavy atom. The second-order valence-corrected chi connectivity index (χ2v) is 13.6. The van der Waals surface area contributed by atoms with Crippen LogP contribution in [0, 0.1) is 13.8 Å². The Hall–Kier alpha value is -1.90. The smallest absolute Gasteiger partial charge is 0.344 e. The number of anilines is 1. The number of amides is 1. The number of benzene rings is 2. The number of halogens is 1. The fourth-order valence-corrected chi connectivity index (χ4v) is 9.48. The van der Waals surface area contributed by atoms with E-state index in [4.69, 9.17) is 16.3 Å². The third-order valence-electron chi connectivity index (χ3n) is 6.68. The zero-order valence-electron chi connectivity index (χ0n) is 18.8. The van der Waals surface area contributed by atoms with E-state index in [1.807, 2.05) is 56.3 Å². The van der Waals surface area contributed by atoms with Gasteiger partial charge in [0.1, 0.15) is 6.61 Å². The lowest BCUT2D eigenvalue weighted by atomic mass is 10.1. The summed E-state index contributed by atoms with van der Waals surface area (Å²) in [6.45, 7) is 8.42. The van der Waals surface area contributed by atoms with Crippen molar-refractivity contribution in [1.82, 2.24) is 0 Å². The Morgan fingerprint density at radius 2 is 1.65 bits per heavy atom. The van der Waals surface area contributed by atoms with Crippen molar-refractivity contribution in [2.75, 3.05) is 23.8 Å². The third-order valence-corrected chi connectivity index (χ3v) is 12.6. The predicted molar refractivity (Wildman–Crippen MR) is 131 cm³/mol. The van der Waals surface area contributed by atoms with Crippen LogP contribution in [0.15, 0.2) is 42.5 Å². The van der Waals surface area contributed by atoms with Gasteiger partial charge in [-0.15, -0.1) is 0 Å². The fourth-order valence-electron chi connectivity index (χ4n) is 4.61. The largest absolute Gasteiger partial charge is 0.458 e. The van der Waals surface area contributed by atoms with Crippen molar-refractivity contribution in [2.45, 2.75) is 52.3 Å². The molecule has 1 N–H and O–H groups in total. The van der Waals surface area contributed by atoms with Gasteiger partial charge in [-0.2, -0.15) is 0 Å². The highest BCUT2D eigenvalue weighted by molar-refractivity contribution is 7.79. The summed E-state index contributed by atoms with van der Waals surface area (Å²) in [6.07, 6.45) is 3.75. The van der Waals surface area contributed by atoms with E-state index < -0.39 is 12.4 Å². The van der Waals surface area contributed by atoms with Crippen LogP contribution in [-0.4, -0.2) is 35.5 Å². The quantitative estimate of drug-likeness (QED) is 0.356. The number of aryl methyl sites for hydroxylation is 2. The van der Waals surface area contributed by atoms with Gasteiger partial charge in [0.25, 0.3) is 5.91 Å². The maximum absolute atomic E-state index is 13.5. The van der Waals surface area contributed by atoms with Gasteiger partial charge in [-0.1, -0.05) is 41.9 Å². The summed E-state index contributed by atoms with van der Waals surface area (Å²) < 4.78 is 5.60. The summed E-state index contributed by atoms with van der Waals surface area (Å²) in [4.78, 5) is 26.4. The second-order valence-electron chi connectivity index (χ2n) is 8.48. The molecular weight excluding hydrogens is 429 g/mol. The molecular formula is C25H32ClNO3P+. The van der Waals surface area contributed by atoms with Crippen LogP contribution in [0.5, 0.6) is 0 Å². The third kappa shape index (κ3) is 4.96. The Kier molecular flexibility index (Phi) is 7.44. The molecule has 1 amide bonds. The van der Waals surface area contributed by atoms with Crippen LogP contribution < -0.4 is 5.32 Å². The molecule has 0 atom stereocenters. The zero-order valence-corrected chi connectivity index (χ0v) is 20.5. The SMILES string of the molecule is CC[P+](CC)(CC(=O)OCc1ccccc1)C1(C(=O)Nc2c(C)cc(Cl)cc2C)CC1. The first kappa shape index (κ1) is 23.8. The molecule has 0 bridgehead atoms. The van der Waals surface area contributed by atoms with Crippen molar-refractivity contribution in [3.8, 4) is 0 Å². The maximum Gasteiger partial charge on any atom is 0.344 e. The highest BCUT2D eigenvalue weighted by Crippen LogP contribution is 2.77. The second kappa shape index (κ2) is 9.71. The minimum Gasteiger partial charge on any atom is -0.458 e. The average molecular weight is 461 g/mol. The number of carbonyl (C=O) groups is 2. The molecule has 0 saturated heterocycles. The monoisotopic (exact) mass is 460 g/mol. The van der Waals surface area contributed by atoms with Crippen molar-refractivity contribution in [3.05, 3.63) is 64.2 Å². The molecule has 4 nitrogen and oxygen atoms in total. The number of hydrogen-bond acceptors (Lipinski definition) is 3. The molecule has 0 radical (unpaired) electrons. The van der Waals surface area contributed by atoms with Crippen molar-refractivity contribution in [3.63, 3.8) is 0 Å². The van der Waals surface area contributed by atoms with Crippen LogP contribution in [0.2, 0.25) is 5.02 Å². The van der Waals surface area contributed by atoms with Crippen molar-refractivity contribution in [1.29, 1.82) is 0 Å². The molecule has 3 rings (SSSR count). The van der Waals surface area contributed by atoms with Crippen LogP contribution in [-0.2, 0) is 20.9 Å². The molecule has 1 saturated carbocycles. The van der Waals surface area contributed by atoms with E-state index >= 15 is 0 Å². The van der Waals surface area contributed by atoms with E-state index in [2.05, 4.69) is 19.2 Å². The van der Waals surface area contributed by atoms with Gasteiger partial charge >= 0.3 is 5.97 Å². The van der Waals surface area contributed by atoms with Crippen molar-refractivity contribution >= 4 is 36.4 Å². The topological polar surface area (TPSA) is 55.4 Å². The summed E-state index contributed by atoms with van der Waals surface area (Å²) in [5.74, 6) is -0.146. The minimum absolute atomic E-state index is 0.0499. The molecule has 2 aromatic carbocycles. The van der Waals surface area contributed by atoms with Gasteiger partial charge in [0, 0.05) is 30.8 Å². The maximum atomic E-state index is 13.5. The molecule has 0 aromatic heterocycles. The first-order chi connectivity index (χ1) is 14.8. The first-order valence-electron chi connectivity index (χ1n) is 10.9. The summed E-state index contributed by atoms with van der Waals surface area (Å²) in [7, 11) is -1.87. The molecule has 31 heavy (non-hydrogen) atoms. The number of ether oxygens (including phenoxy) is 1. The Labute approximate surface area is 191 Å². The van der Waals surface area contributed by atoms with Crippen molar-refractivity contribution in [2.24, 2.45) is 0 Å². The number of esters is 1. The lowest BCUT2D eigenvalue weighted by Crippen LogP contribution is -2.37. The summed E-state index contributed by atoms with van der Waals surface area (Å²) in [6, 6.07) is 13.4. The van der Waals surface area contributed by atoms with E-state index in [0.717, 1.165) is 47.5 Å². The van der Waals surface area contributed by atoms with Gasteiger partial charge in [-0.25, -0.2) is 4.79 Å². The number of nitrogens with one attached hydrogen (secondary N) is 1. The molecule has 0 aliphatic heterocycles. The number of carbonyl (C=O) groups excluding carboxylic acids is 2. The van der Waals surface area contributed by atoms with E-state index in [9.17, 15) is 9.59 Å². The Bertz CT molecular complexity index is 929. The van der Waals surface area contributed by atoms with E-state index in [-0.39, 0.29) is 18.5 Å². The van der Waals surface area contributed by atoms with E-state index in [1.54, 1.807) is 0 Å². The summed E-state index contributed by atoms with van der Waals surface area (Å²) >= 11 is 6.15. The highest BCUT2D eigenvalue weighted by atomic mass is 35.5. The first-order valence-corrected chi connectivity index (χ1v) is 13.6. The lowest BCUT2D eigenvalue weighted by Gasteiger charge is -2.32. The van der Waals surface area contributed by atoms with Gasteiger partial charge in [-0.3, -0.25) is 4.79 Å². The van der Waals surface area contributed by atoms with Gasteiger partial charge in [0.05, 0.1) is 12.3 Å². The number of rotatable bonds is 9. The Balaban J connectivity index is 1.76. The van der Waals surface area contributed by atoms with Gasteiger partial charge in [-0.05, 0) is 56.5 Å². The molecule has 1 aliphatic carbocycles. The van der Waals surface area contributed by atoms with Gasteiger partial charge in [0.15, 0.2) is 11.3 Å². The standard InChI is InChI=1S/C25H31ClNO3P/c1-5-31(6-2,17-22(28)30-16-20-10-8-7-9-11-20)25(12-13-25)24(29)27-23-18(3)14-21(26)15-19(23)4/h7-11,14-15H,5-6,12-13,16-17H2,1-4H3/p+1. The van der Waals surface area contributed by atoms with Crippen LogP contribution in [0.25, 0.3) is 0 Å². The normalized spacial score (nSPS) is 14.7. The van der Waals surface area contributed by atoms with Crippen LogP contribution in [0.4, 0.5) is 5.69 Å². The molecule has 166 valence electrons. The van der Waals surface area contributed by atoms with E-state index in [1.165, 1.54) is 0 Å². The molecule has 6 heteroatoms. The molecule has 1 aliphatic rings. The summed E-state index contributed by atoms with van der Waals surface area (Å²) in [5.41, 5.74) is 3.71. The lowest BCUT2D eigenvalue weighted by molar-refractivity contribution is -0.141. The van der Waals surface area contributed by atoms with E-state index in [0.29, 0.717) is 11.2 Å². The average Bonchev–Trinajstić information content (AvgIpc) is 3.56. The zero-order chi connectivity index (χ0) is 22.6. The molecule has 1 fully saturated rings. The molecule has 0 heterocycles. The minimum atomic E-state index is -1.87. The Morgan fingerprint density at radius 3 is 2.16 bits per heavy atom. The van der Waals surface area contributed by atoms with Crippen LogP contribution in [0.3, 0.4) is 0 Å². The van der Waals surface area contributed by atoms with Crippen molar-refractivity contribution < 1.29 is 14.3 Å². The molecule has 2 aromatic rings. The number of hydrogen-bond donors (Lipinski definition) is 1. The fraction of sp³-hybridized carbons (Fsp3) is 0.440.